The molecule has 2 rings (SSSR count). The summed E-state index contributed by atoms with van der Waals surface area (Å²) in [5.74, 6) is -2.89. The third-order valence-electron chi connectivity index (χ3n) is 3.08. The van der Waals surface area contributed by atoms with E-state index in [1.165, 1.54) is 12.1 Å². The average Bonchev–Trinajstić information content (AvgIpc) is 2.39. The summed E-state index contributed by atoms with van der Waals surface area (Å²) in [6, 6.07) is 1.24. The van der Waals surface area contributed by atoms with Crippen molar-refractivity contribution in [2.75, 3.05) is 10.6 Å². The van der Waals surface area contributed by atoms with Gasteiger partial charge in [0.05, 0.1) is 18.2 Å². The first-order chi connectivity index (χ1) is 9.86. The van der Waals surface area contributed by atoms with Crippen LogP contribution in [-0.2, 0) is 20.8 Å². The molecule has 0 aromatic heterocycles. The highest BCUT2D eigenvalue weighted by atomic mass is 19.1. The number of hydrogen-bond acceptors (Lipinski definition) is 4. The number of carbonyl (C=O) groups is 3. The van der Waals surface area contributed by atoms with E-state index in [-0.39, 0.29) is 18.0 Å². The van der Waals surface area contributed by atoms with Gasteiger partial charge in [-0.2, -0.15) is 0 Å². The van der Waals surface area contributed by atoms with Crippen LogP contribution < -0.4 is 16.4 Å². The van der Waals surface area contributed by atoms with Gasteiger partial charge in [-0.15, -0.1) is 0 Å². The molecule has 2 amide bonds. The molecule has 0 saturated carbocycles. The monoisotopic (exact) mass is 295 g/mol. The fraction of sp³-hybridized carbons (Fsp3) is 0.308. The number of halogens is 1. The highest BCUT2D eigenvalue weighted by Crippen LogP contribution is 2.28. The van der Waals surface area contributed by atoms with Crippen LogP contribution in [-0.4, -0.2) is 28.9 Å². The molecule has 1 atom stereocenters. The first-order valence-electron chi connectivity index (χ1n) is 6.27. The Hall–Kier alpha value is -2.48. The Balaban J connectivity index is 2.17. The number of hydrogen-bond donors (Lipinski definition) is 4. The second-order valence-electron chi connectivity index (χ2n) is 4.73. The van der Waals surface area contributed by atoms with Crippen LogP contribution in [0, 0.1) is 5.82 Å². The molecule has 5 N–H and O–H groups in total. The van der Waals surface area contributed by atoms with Gasteiger partial charge in [0, 0.05) is 12.1 Å². The van der Waals surface area contributed by atoms with Crippen LogP contribution in [0.5, 0.6) is 0 Å². The van der Waals surface area contributed by atoms with Crippen LogP contribution in [0.15, 0.2) is 12.1 Å². The van der Waals surface area contributed by atoms with E-state index in [0.717, 1.165) is 0 Å². The minimum Gasteiger partial charge on any atom is -0.481 e. The number of fused-ring (bicyclic) bond motifs is 1. The molecule has 7 nitrogen and oxygen atoms in total. The lowest BCUT2D eigenvalue weighted by Gasteiger charge is -2.19. The molecule has 1 aliphatic rings. The van der Waals surface area contributed by atoms with Gasteiger partial charge in [-0.05, 0) is 24.1 Å². The van der Waals surface area contributed by atoms with Crippen LogP contribution in [0.1, 0.15) is 18.4 Å². The lowest BCUT2D eigenvalue weighted by Crippen LogP contribution is -2.37. The summed E-state index contributed by atoms with van der Waals surface area (Å²) in [4.78, 5) is 33.5. The number of carboxylic acid groups (broad SMARTS) is 1. The third kappa shape index (κ3) is 3.54. The molecular formula is C13H14FN3O4. The fourth-order valence-corrected chi connectivity index (χ4v) is 2.00. The summed E-state index contributed by atoms with van der Waals surface area (Å²) in [6.45, 7) is 0. The number of benzene rings is 1. The average molecular weight is 295 g/mol. The lowest BCUT2D eigenvalue weighted by atomic mass is 10.0. The maximum absolute atomic E-state index is 13.9. The summed E-state index contributed by atoms with van der Waals surface area (Å²) in [7, 11) is 0. The summed E-state index contributed by atoms with van der Waals surface area (Å²) in [5, 5.41) is 13.4. The largest absolute Gasteiger partial charge is 0.481 e. The first kappa shape index (κ1) is 14.9. The number of amides is 2. The second kappa shape index (κ2) is 5.88. The maximum atomic E-state index is 13.9. The second-order valence-corrected chi connectivity index (χ2v) is 4.73. The van der Waals surface area contributed by atoms with Gasteiger partial charge >= 0.3 is 5.97 Å². The van der Waals surface area contributed by atoms with Crippen LogP contribution in [0.3, 0.4) is 0 Å². The normalized spacial score (nSPS) is 14.9. The molecule has 1 aromatic rings. The number of nitrogens with two attached hydrogens (primary N) is 1. The number of nitrogens with one attached hydrogen (secondary N) is 2. The van der Waals surface area contributed by atoms with E-state index in [2.05, 4.69) is 10.6 Å². The van der Waals surface area contributed by atoms with Gasteiger partial charge in [0.2, 0.25) is 11.8 Å². The van der Waals surface area contributed by atoms with Crippen LogP contribution in [0.25, 0.3) is 0 Å². The molecule has 8 heteroatoms. The zero-order chi connectivity index (χ0) is 15.6. The van der Waals surface area contributed by atoms with E-state index in [0.29, 0.717) is 17.7 Å². The Morgan fingerprint density at radius 2 is 2.14 bits per heavy atom. The van der Waals surface area contributed by atoms with Crippen LogP contribution in [0.4, 0.5) is 15.8 Å². The summed E-state index contributed by atoms with van der Waals surface area (Å²) in [5.41, 5.74) is 6.30. The molecule has 0 spiro atoms. The van der Waals surface area contributed by atoms with Crippen molar-refractivity contribution in [1.82, 2.24) is 0 Å². The van der Waals surface area contributed by atoms with Gasteiger partial charge in [0.15, 0.2) is 0 Å². The number of aliphatic carboxylic acids is 1. The Morgan fingerprint density at radius 3 is 2.81 bits per heavy atom. The van der Waals surface area contributed by atoms with Gasteiger partial charge in [-0.1, -0.05) is 0 Å². The Kier molecular flexibility index (Phi) is 4.18. The van der Waals surface area contributed by atoms with Crippen molar-refractivity contribution in [2.45, 2.75) is 25.3 Å². The first-order valence-corrected chi connectivity index (χ1v) is 6.27. The molecule has 0 radical (unpaired) electrons. The van der Waals surface area contributed by atoms with Crippen molar-refractivity contribution in [3.8, 4) is 0 Å². The van der Waals surface area contributed by atoms with Crippen molar-refractivity contribution in [3.05, 3.63) is 23.5 Å². The number of rotatable bonds is 4. The SMILES string of the molecule is NC(CC(=O)O)C(=O)Nc1cc2c(cc1F)CCC(=O)N2. The summed E-state index contributed by atoms with van der Waals surface area (Å²) < 4.78 is 13.9. The van der Waals surface area contributed by atoms with E-state index in [4.69, 9.17) is 10.8 Å². The van der Waals surface area contributed by atoms with Gasteiger partial charge in [-0.25, -0.2) is 4.39 Å². The summed E-state index contributed by atoms with van der Waals surface area (Å²) >= 11 is 0. The minimum absolute atomic E-state index is 0.151. The molecule has 0 aliphatic carbocycles. The van der Waals surface area contributed by atoms with E-state index < -0.39 is 30.2 Å². The van der Waals surface area contributed by atoms with Crippen LogP contribution in [0.2, 0.25) is 0 Å². The van der Waals surface area contributed by atoms with Crippen molar-refractivity contribution >= 4 is 29.2 Å². The molecular weight excluding hydrogens is 281 g/mol. The highest BCUT2D eigenvalue weighted by Gasteiger charge is 2.21. The number of anilines is 2. The Morgan fingerprint density at radius 1 is 1.43 bits per heavy atom. The van der Waals surface area contributed by atoms with Gasteiger partial charge in [0.25, 0.3) is 0 Å². The third-order valence-corrected chi connectivity index (χ3v) is 3.08. The standard InChI is InChI=1S/C13H14FN3O4/c14-7-3-6-1-2-11(18)16-9(6)5-10(7)17-13(21)8(15)4-12(19)20/h3,5,8H,1-2,4,15H2,(H,16,18)(H,17,21)(H,19,20). The predicted octanol–water partition coefficient (Wildman–Crippen LogP) is 0.451. The van der Waals surface area contributed by atoms with Crippen molar-refractivity contribution in [2.24, 2.45) is 5.73 Å². The molecule has 21 heavy (non-hydrogen) atoms. The quantitative estimate of drug-likeness (QED) is 0.642. The maximum Gasteiger partial charge on any atom is 0.305 e. The molecule has 112 valence electrons. The van der Waals surface area contributed by atoms with Gasteiger partial charge in [-0.3, -0.25) is 14.4 Å². The van der Waals surface area contributed by atoms with E-state index >= 15 is 0 Å². The summed E-state index contributed by atoms with van der Waals surface area (Å²) in [6.07, 6.45) is 0.140. The van der Waals surface area contributed by atoms with E-state index in [1.54, 1.807) is 0 Å². The lowest BCUT2D eigenvalue weighted by molar-refractivity contribution is -0.138. The number of aryl methyl sites for hydroxylation is 1. The van der Waals surface area contributed by atoms with Crippen LogP contribution >= 0.6 is 0 Å². The minimum atomic E-state index is -1.28. The number of carboxylic acids is 1. The molecule has 0 fully saturated rings. The van der Waals surface area contributed by atoms with Gasteiger partial charge < -0.3 is 21.5 Å². The molecule has 0 bridgehead atoms. The molecule has 1 heterocycles. The molecule has 1 aromatic carbocycles. The van der Waals surface area contributed by atoms with Crippen molar-refractivity contribution in [1.29, 1.82) is 0 Å². The van der Waals surface area contributed by atoms with E-state index in [1.807, 2.05) is 0 Å². The zero-order valence-corrected chi connectivity index (χ0v) is 11.0. The van der Waals surface area contributed by atoms with E-state index in [9.17, 15) is 18.8 Å². The van der Waals surface area contributed by atoms with Crippen molar-refractivity contribution in [3.63, 3.8) is 0 Å². The molecule has 1 unspecified atom stereocenters. The Labute approximate surface area is 119 Å². The molecule has 0 saturated heterocycles. The predicted molar refractivity (Wildman–Crippen MR) is 72.2 cm³/mol. The number of carbonyl (C=O) groups excluding carboxylic acids is 2. The molecule has 1 aliphatic heterocycles. The smallest absolute Gasteiger partial charge is 0.305 e. The highest BCUT2D eigenvalue weighted by molar-refractivity contribution is 5.99. The topological polar surface area (TPSA) is 122 Å². The zero-order valence-electron chi connectivity index (χ0n) is 11.0. The Bertz CT molecular complexity index is 618. The fourth-order valence-electron chi connectivity index (χ4n) is 2.00. The van der Waals surface area contributed by atoms with Gasteiger partial charge in [0.1, 0.15) is 5.82 Å². The van der Waals surface area contributed by atoms with Crippen molar-refractivity contribution < 1.29 is 23.9 Å².